The van der Waals surface area contributed by atoms with Gasteiger partial charge in [0, 0.05) is 5.02 Å². The lowest BCUT2D eigenvalue weighted by atomic mass is 9.78. The van der Waals surface area contributed by atoms with E-state index in [1.807, 2.05) is 6.07 Å². The van der Waals surface area contributed by atoms with E-state index < -0.39 is 0 Å². The van der Waals surface area contributed by atoms with Crippen LogP contribution >= 0.6 is 11.6 Å². The second kappa shape index (κ2) is 5.03. The largest absolute Gasteiger partial charge is 0.0843 e. The Kier molecular flexibility index (Phi) is 4.21. The van der Waals surface area contributed by atoms with Crippen LogP contribution in [0.4, 0.5) is 0 Å². The first-order chi connectivity index (χ1) is 6.97. The monoisotopic (exact) mass is 224 g/mol. The molecule has 15 heavy (non-hydrogen) atoms. The third-order valence-electron chi connectivity index (χ3n) is 3.08. The molecule has 0 atom stereocenters. The van der Waals surface area contributed by atoms with Crippen molar-refractivity contribution in [2.24, 2.45) is 0 Å². The Morgan fingerprint density at radius 3 is 2.53 bits per heavy atom. The average Bonchev–Trinajstić information content (AvgIpc) is 2.18. The maximum atomic E-state index is 6.06. The number of hydrogen-bond donors (Lipinski definition) is 0. The number of halogens is 1. The van der Waals surface area contributed by atoms with Crippen molar-refractivity contribution in [1.82, 2.24) is 0 Å². The minimum atomic E-state index is 0.241. The summed E-state index contributed by atoms with van der Waals surface area (Å²) in [6, 6.07) is 6.20. The van der Waals surface area contributed by atoms with Gasteiger partial charge in [-0.3, -0.25) is 0 Å². The summed E-state index contributed by atoms with van der Waals surface area (Å²) in [7, 11) is 0. The summed E-state index contributed by atoms with van der Waals surface area (Å²) in [4.78, 5) is 0. The molecule has 0 spiro atoms. The third kappa shape index (κ3) is 3.24. The van der Waals surface area contributed by atoms with Crippen LogP contribution in [0.25, 0.3) is 0 Å². The normalized spacial score (nSPS) is 11.8. The van der Waals surface area contributed by atoms with Crippen LogP contribution in [-0.4, -0.2) is 0 Å². The van der Waals surface area contributed by atoms with Crippen LogP contribution in [0.1, 0.15) is 51.2 Å². The van der Waals surface area contributed by atoms with Crippen LogP contribution < -0.4 is 0 Å². The van der Waals surface area contributed by atoms with Gasteiger partial charge in [-0.2, -0.15) is 0 Å². The molecule has 1 aromatic rings. The standard InChI is InChI=1S/C14H21Cl/c1-5-6-9-14(3,4)13-10-12(15)8-7-11(13)2/h7-8,10H,5-6,9H2,1-4H3. The molecule has 0 aliphatic rings. The average molecular weight is 225 g/mol. The molecule has 0 saturated heterocycles. The molecule has 0 radical (unpaired) electrons. The molecule has 0 amide bonds. The molecule has 0 unspecified atom stereocenters. The number of aryl methyl sites for hydroxylation is 1. The van der Waals surface area contributed by atoms with Crippen LogP contribution in [0.2, 0.25) is 5.02 Å². The number of unbranched alkanes of at least 4 members (excludes halogenated alkanes) is 1. The predicted octanol–water partition coefficient (Wildman–Crippen LogP) is 5.12. The van der Waals surface area contributed by atoms with Crippen LogP contribution in [0.3, 0.4) is 0 Å². The van der Waals surface area contributed by atoms with E-state index in [1.165, 1.54) is 30.4 Å². The Morgan fingerprint density at radius 1 is 1.27 bits per heavy atom. The molecule has 1 aromatic carbocycles. The Hall–Kier alpha value is -0.490. The van der Waals surface area contributed by atoms with Gasteiger partial charge >= 0.3 is 0 Å². The summed E-state index contributed by atoms with van der Waals surface area (Å²) in [6.07, 6.45) is 3.76. The molecule has 0 N–H and O–H groups in total. The number of hydrogen-bond acceptors (Lipinski definition) is 0. The van der Waals surface area contributed by atoms with E-state index in [0.29, 0.717) is 0 Å². The molecule has 0 aromatic heterocycles. The summed E-state index contributed by atoms with van der Waals surface area (Å²) in [5.74, 6) is 0. The fourth-order valence-electron chi connectivity index (χ4n) is 2.08. The molecule has 1 heteroatoms. The third-order valence-corrected chi connectivity index (χ3v) is 3.32. The summed E-state index contributed by atoms with van der Waals surface area (Å²) in [5.41, 5.74) is 2.98. The van der Waals surface area contributed by atoms with E-state index in [2.05, 4.69) is 39.8 Å². The van der Waals surface area contributed by atoms with E-state index in [4.69, 9.17) is 11.6 Å². The lowest BCUT2D eigenvalue weighted by molar-refractivity contribution is 0.456. The molecule has 0 heterocycles. The fourth-order valence-corrected chi connectivity index (χ4v) is 2.25. The van der Waals surface area contributed by atoms with Crippen LogP contribution in [0, 0.1) is 6.92 Å². The SMILES string of the molecule is CCCCC(C)(C)c1cc(Cl)ccc1C. The molecule has 0 nitrogen and oxygen atoms in total. The van der Waals surface area contributed by atoms with Crippen molar-refractivity contribution in [3.63, 3.8) is 0 Å². The quantitative estimate of drug-likeness (QED) is 0.666. The lowest BCUT2D eigenvalue weighted by Gasteiger charge is -2.27. The molecule has 0 saturated carbocycles. The van der Waals surface area contributed by atoms with Crippen molar-refractivity contribution in [2.45, 2.75) is 52.4 Å². The molecule has 1 rings (SSSR count). The Bertz CT molecular complexity index is 326. The van der Waals surface area contributed by atoms with E-state index in [1.54, 1.807) is 0 Å². The molecular formula is C14H21Cl. The van der Waals surface area contributed by atoms with Crippen LogP contribution in [0.5, 0.6) is 0 Å². The van der Waals surface area contributed by atoms with Gasteiger partial charge in [0.15, 0.2) is 0 Å². The first-order valence-corrected chi connectivity index (χ1v) is 6.12. The van der Waals surface area contributed by atoms with E-state index in [9.17, 15) is 0 Å². The summed E-state index contributed by atoms with van der Waals surface area (Å²) < 4.78 is 0. The van der Waals surface area contributed by atoms with Crippen molar-refractivity contribution < 1.29 is 0 Å². The predicted molar refractivity (Wildman–Crippen MR) is 68.7 cm³/mol. The highest BCUT2D eigenvalue weighted by Crippen LogP contribution is 2.32. The first kappa shape index (κ1) is 12.6. The van der Waals surface area contributed by atoms with E-state index >= 15 is 0 Å². The van der Waals surface area contributed by atoms with Gasteiger partial charge in [0.2, 0.25) is 0 Å². The van der Waals surface area contributed by atoms with Crippen molar-refractivity contribution in [3.8, 4) is 0 Å². The molecule has 0 aliphatic heterocycles. The summed E-state index contributed by atoms with van der Waals surface area (Å²) in [6.45, 7) is 9.02. The smallest absolute Gasteiger partial charge is 0.0409 e. The molecule has 0 aliphatic carbocycles. The van der Waals surface area contributed by atoms with E-state index in [0.717, 1.165) is 5.02 Å². The van der Waals surface area contributed by atoms with Crippen LogP contribution in [0.15, 0.2) is 18.2 Å². The highest BCUT2D eigenvalue weighted by Gasteiger charge is 2.21. The minimum Gasteiger partial charge on any atom is -0.0843 e. The van der Waals surface area contributed by atoms with Crippen molar-refractivity contribution >= 4 is 11.6 Å². The number of rotatable bonds is 4. The Morgan fingerprint density at radius 2 is 1.93 bits per heavy atom. The summed E-state index contributed by atoms with van der Waals surface area (Å²) >= 11 is 6.06. The van der Waals surface area contributed by atoms with Gasteiger partial charge in [-0.25, -0.2) is 0 Å². The zero-order valence-corrected chi connectivity index (χ0v) is 11.0. The van der Waals surface area contributed by atoms with Gasteiger partial charge in [0.05, 0.1) is 0 Å². The van der Waals surface area contributed by atoms with Gasteiger partial charge < -0.3 is 0 Å². The van der Waals surface area contributed by atoms with Crippen LogP contribution in [-0.2, 0) is 5.41 Å². The Labute approximate surface area is 98.7 Å². The Balaban J connectivity index is 2.97. The molecule has 0 fully saturated rings. The van der Waals surface area contributed by atoms with E-state index in [-0.39, 0.29) is 5.41 Å². The zero-order valence-electron chi connectivity index (χ0n) is 10.2. The first-order valence-electron chi connectivity index (χ1n) is 5.74. The second-order valence-corrected chi connectivity index (χ2v) is 5.38. The zero-order chi connectivity index (χ0) is 11.5. The molecule has 0 bridgehead atoms. The second-order valence-electron chi connectivity index (χ2n) is 4.95. The van der Waals surface area contributed by atoms with Gasteiger partial charge in [0.25, 0.3) is 0 Å². The minimum absolute atomic E-state index is 0.241. The maximum absolute atomic E-state index is 6.06. The maximum Gasteiger partial charge on any atom is 0.0409 e. The van der Waals surface area contributed by atoms with Gasteiger partial charge in [-0.05, 0) is 42.0 Å². The van der Waals surface area contributed by atoms with Gasteiger partial charge in [-0.1, -0.05) is 51.3 Å². The van der Waals surface area contributed by atoms with Crippen molar-refractivity contribution in [1.29, 1.82) is 0 Å². The summed E-state index contributed by atoms with van der Waals surface area (Å²) in [5, 5.41) is 0.847. The molecular weight excluding hydrogens is 204 g/mol. The topological polar surface area (TPSA) is 0 Å². The highest BCUT2D eigenvalue weighted by molar-refractivity contribution is 6.30. The van der Waals surface area contributed by atoms with Gasteiger partial charge in [0.1, 0.15) is 0 Å². The van der Waals surface area contributed by atoms with Crippen molar-refractivity contribution in [2.75, 3.05) is 0 Å². The highest BCUT2D eigenvalue weighted by atomic mass is 35.5. The fraction of sp³-hybridized carbons (Fsp3) is 0.571. The lowest BCUT2D eigenvalue weighted by Crippen LogP contribution is -2.18. The van der Waals surface area contributed by atoms with Gasteiger partial charge in [-0.15, -0.1) is 0 Å². The van der Waals surface area contributed by atoms with Crippen molar-refractivity contribution in [3.05, 3.63) is 34.3 Å². The number of benzene rings is 1. The molecule has 84 valence electrons.